The topological polar surface area (TPSA) is 89.8 Å². The number of unbranched alkanes of at least 4 members (excludes halogenated alkanes) is 35. The van der Waals surface area contributed by atoms with Gasteiger partial charge in [0.2, 0.25) is 5.91 Å². The molecular weight excluding hydrogens is 691 g/mol. The minimum absolute atomic E-state index is 0.0101. The minimum Gasteiger partial charge on any atom is -0.394 e. The number of rotatable bonds is 46. The van der Waals surface area contributed by atoms with Crippen molar-refractivity contribution in [3.05, 3.63) is 24.3 Å². The highest BCUT2D eigenvalue weighted by Gasteiger charge is 2.20. The maximum Gasteiger partial charge on any atom is 0.222 e. The summed E-state index contributed by atoms with van der Waals surface area (Å²) in [5.41, 5.74) is 0. The number of allylic oxidation sites excluding steroid dienone is 3. The van der Waals surface area contributed by atoms with E-state index in [0.717, 1.165) is 32.1 Å². The van der Waals surface area contributed by atoms with Gasteiger partial charge in [0.05, 0.1) is 31.3 Å². The van der Waals surface area contributed by atoms with Crippen molar-refractivity contribution >= 4 is 5.91 Å². The van der Waals surface area contributed by atoms with Gasteiger partial charge in [0.1, 0.15) is 0 Å². The third-order valence-corrected chi connectivity index (χ3v) is 11.7. The third-order valence-electron chi connectivity index (χ3n) is 11.7. The molecule has 0 fully saturated rings. The Morgan fingerprint density at radius 1 is 0.446 bits per heavy atom. The molecule has 0 aromatic heterocycles. The van der Waals surface area contributed by atoms with E-state index in [4.69, 9.17) is 0 Å². The lowest BCUT2D eigenvalue weighted by Gasteiger charge is -2.21. The normalized spacial score (nSPS) is 13.6. The van der Waals surface area contributed by atoms with Gasteiger partial charge in [0, 0.05) is 0 Å². The molecule has 0 rings (SSSR count). The quantitative estimate of drug-likeness (QED) is 0.0365. The van der Waals surface area contributed by atoms with Crippen LogP contribution in [-0.2, 0) is 4.79 Å². The zero-order chi connectivity index (χ0) is 40.8. The Bertz CT molecular complexity index is 829. The Hall–Kier alpha value is -1.17. The number of carbonyl (C=O) groups is 1. The van der Waals surface area contributed by atoms with Gasteiger partial charge >= 0.3 is 0 Å². The molecule has 0 saturated carbocycles. The van der Waals surface area contributed by atoms with E-state index in [9.17, 15) is 20.1 Å². The van der Waals surface area contributed by atoms with E-state index in [0.29, 0.717) is 6.42 Å². The molecule has 1 amide bonds. The van der Waals surface area contributed by atoms with Crippen LogP contribution in [0.5, 0.6) is 0 Å². The molecule has 0 radical (unpaired) electrons. The van der Waals surface area contributed by atoms with Crippen molar-refractivity contribution < 1.29 is 20.1 Å². The van der Waals surface area contributed by atoms with Gasteiger partial charge in [-0.05, 0) is 32.1 Å². The second kappa shape index (κ2) is 46.5. The fraction of sp³-hybridized carbons (Fsp3) is 0.902. The van der Waals surface area contributed by atoms with E-state index in [1.165, 1.54) is 212 Å². The summed E-state index contributed by atoms with van der Waals surface area (Å²) in [5, 5.41) is 33.3. The lowest BCUT2D eigenvalue weighted by Crippen LogP contribution is -2.45. The summed E-state index contributed by atoms with van der Waals surface area (Å²) in [7, 11) is 0. The smallest absolute Gasteiger partial charge is 0.222 e. The Kier molecular flexibility index (Phi) is 45.5. The van der Waals surface area contributed by atoms with Gasteiger partial charge < -0.3 is 20.6 Å². The molecule has 0 aromatic carbocycles. The Morgan fingerprint density at radius 3 is 1.14 bits per heavy atom. The van der Waals surface area contributed by atoms with Gasteiger partial charge in [-0.3, -0.25) is 4.79 Å². The first kappa shape index (κ1) is 54.8. The maximum absolute atomic E-state index is 12.5. The lowest BCUT2D eigenvalue weighted by atomic mass is 10.0. The number of aliphatic hydroxyl groups excluding tert-OH is 3. The molecule has 0 spiro atoms. The van der Waals surface area contributed by atoms with Crippen molar-refractivity contribution in [2.24, 2.45) is 0 Å². The number of nitrogens with one attached hydrogen (secondary N) is 1. The number of amides is 1. The van der Waals surface area contributed by atoms with E-state index < -0.39 is 18.2 Å². The third kappa shape index (κ3) is 42.4. The molecule has 4 N–H and O–H groups in total. The average Bonchev–Trinajstić information content (AvgIpc) is 3.19. The SMILES string of the molecule is CCCCCCCCCCCCCCCCCC/C=C/CC/C=C/C(O)C(CO)NC(=O)CC(O)CCCCCCCCCCCCCCCCCCCCC. The number of hydrogen-bond donors (Lipinski definition) is 4. The van der Waals surface area contributed by atoms with E-state index in [2.05, 4.69) is 31.3 Å². The molecule has 0 aliphatic rings. The van der Waals surface area contributed by atoms with Gasteiger partial charge in [0.15, 0.2) is 0 Å². The zero-order valence-corrected chi connectivity index (χ0v) is 37.8. The predicted octanol–water partition coefficient (Wildman–Crippen LogP) is 14.9. The fourth-order valence-corrected chi connectivity index (χ4v) is 7.89. The van der Waals surface area contributed by atoms with Crippen LogP contribution in [0.4, 0.5) is 0 Å². The van der Waals surface area contributed by atoms with Crippen LogP contribution in [0.1, 0.15) is 271 Å². The molecule has 5 nitrogen and oxygen atoms in total. The molecule has 3 atom stereocenters. The molecular formula is C51H99NO4. The van der Waals surface area contributed by atoms with Gasteiger partial charge in [-0.2, -0.15) is 0 Å². The Balaban J connectivity index is 3.63. The molecule has 0 saturated heterocycles. The predicted molar refractivity (Wildman–Crippen MR) is 245 cm³/mol. The van der Waals surface area contributed by atoms with Gasteiger partial charge in [-0.1, -0.05) is 256 Å². The molecule has 3 unspecified atom stereocenters. The van der Waals surface area contributed by atoms with Crippen LogP contribution in [0.25, 0.3) is 0 Å². The standard InChI is InChI=1S/C51H99NO4/c1-3-5-7-9-11-13-15-17-19-21-23-24-25-27-29-31-33-35-37-39-41-43-45-50(55)49(47-53)52-51(56)46-48(54)44-42-40-38-36-34-32-30-28-26-22-20-18-16-14-12-10-8-6-4-2/h35,37,43,45,48-50,53-55H,3-34,36,38-42,44,46-47H2,1-2H3,(H,52,56)/b37-35+,45-43+. The van der Waals surface area contributed by atoms with Gasteiger partial charge in [-0.15, -0.1) is 0 Å². The average molecular weight is 790 g/mol. The van der Waals surface area contributed by atoms with Crippen LogP contribution in [-0.4, -0.2) is 46.1 Å². The highest BCUT2D eigenvalue weighted by molar-refractivity contribution is 5.76. The van der Waals surface area contributed by atoms with Crippen LogP contribution >= 0.6 is 0 Å². The monoisotopic (exact) mass is 790 g/mol. The summed E-state index contributed by atoms with van der Waals surface area (Å²) in [6.45, 7) is 4.23. The zero-order valence-electron chi connectivity index (χ0n) is 37.8. The highest BCUT2D eigenvalue weighted by atomic mass is 16.3. The Morgan fingerprint density at radius 2 is 0.768 bits per heavy atom. The van der Waals surface area contributed by atoms with Crippen LogP contribution in [0.3, 0.4) is 0 Å². The van der Waals surface area contributed by atoms with Crippen molar-refractivity contribution in [2.45, 2.75) is 289 Å². The first-order valence-corrected chi connectivity index (χ1v) is 25.1. The molecule has 0 aliphatic carbocycles. The van der Waals surface area contributed by atoms with Crippen molar-refractivity contribution in [3.63, 3.8) is 0 Å². The van der Waals surface area contributed by atoms with Crippen molar-refractivity contribution in [3.8, 4) is 0 Å². The van der Waals surface area contributed by atoms with E-state index in [-0.39, 0.29) is 18.9 Å². The van der Waals surface area contributed by atoms with Gasteiger partial charge in [0.25, 0.3) is 0 Å². The van der Waals surface area contributed by atoms with E-state index in [1.54, 1.807) is 6.08 Å². The molecule has 0 bridgehead atoms. The number of aliphatic hydroxyl groups is 3. The molecule has 0 heterocycles. The number of carbonyl (C=O) groups excluding carboxylic acids is 1. The summed E-state index contributed by atoms with van der Waals surface area (Å²) in [6.07, 6.45) is 57.7. The summed E-state index contributed by atoms with van der Waals surface area (Å²) in [5.74, 6) is -0.321. The summed E-state index contributed by atoms with van der Waals surface area (Å²) in [6, 6.07) is -0.758. The van der Waals surface area contributed by atoms with Crippen LogP contribution in [0, 0.1) is 0 Å². The second-order valence-electron chi connectivity index (χ2n) is 17.4. The molecule has 56 heavy (non-hydrogen) atoms. The van der Waals surface area contributed by atoms with Crippen molar-refractivity contribution in [1.82, 2.24) is 5.32 Å². The van der Waals surface area contributed by atoms with Crippen LogP contribution in [0.2, 0.25) is 0 Å². The summed E-state index contributed by atoms with van der Waals surface area (Å²) >= 11 is 0. The fourth-order valence-electron chi connectivity index (χ4n) is 7.89. The maximum atomic E-state index is 12.5. The second-order valence-corrected chi connectivity index (χ2v) is 17.4. The molecule has 332 valence electrons. The largest absolute Gasteiger partial charge is 0.394 e. The Labute approximate surface area is 350 Å². The molecule has 0 aliphatic heterocycles. The first-order chi connectivity index (χ1) is 27.5. The lowest BCUT2D eigenvalue weighted by molar-refractivity contribution is -0.124. The van der Waals surface area contributed by atoms with Gasteiger partial charge in [-0.25, -0.2) is 0 Å². The molecule has 5 heteroatoms. The number of hydrogen-bond acceptors (Lipinski definition) is 4. The first-order valence-electron chi connectivity index (χ1n) is 25.1. The summed E-state index contributed by atoms with van der Waals surface area (Å²) < 4.78 is 0. The van der Waals surface area contributed by atoms with E-state index in [1.807, 2.05) is 6.08 Å². The summed E-state index contributed by atoms with van der Waals surface area (Å²) in [4.78, 5) is 12.5. The highest BCUT2D eigenvalue weighted by Crippen LogP contribution is 2.17. The van der Waals surface area contributed by atoms with Crippen LogP contribution < -0.4 is 5.32 Å². The van der Waals surface area contributed by atoms with Crippen LogP contribution in [0.15, 0.2) is 24.3 Å². The minimum atomic E-state index is -0.949. The van der Waals surface area contributed by atoms with E-state index >= 15 is 0 Å². The van der Waals surface area contributed by atoms with Crippen molar-refractivity contribution in [2.75, 3.05) is 6.61 Å². The van der Waals surface area contributed by atoms with Crippen molar-refractivity contribution in [1.29, 1.82) is 0 Å². The molecule has 0 aromatic rings.